The molecule has 26 heavy (non-hydrogen) atoms. The Labute approximate surface area is 163 Å². The molecule has 0 saturated carbocycles. The summed E-state index contributed by atoms with van der Waals surface area (Å²) < 4.78 is 31.5. The number of carbonyl (C=O) groups excluding carboxylic acids is 2. The van der Waals surface area contributed by atoms with Crippen LogP contribution in [0, 0.1) is 0 Å². The molecule has 11 heteroatoms. The molecule has 0 atom stereocenters. The van der Waals surface area contributed by atoms with Crippen molar-refractivity contribution in [2.45, 2.75) is 4.21 Å². The third-order valence-electron chi connectivity index (χ3n) is 3.03. The zero-order valence-electron chi connectivity index (χ0n) is 13.6. The van der Waals surface area contributed by atoms with Crippen LogP contribution in [0.25, 0.3) is 0 Å². The van der Waals surface area contributed by atoms with E-state index in [0.717, 1.165) is 20.1 Å². The molecule has 0 unspecified atom stereocenters. The van der Waals surface area contributed by atoms with Gasteiger partial charge in [-0.05, 0) is 29.6 Å². The summed E-state index contributed by atoms with van der Waals surface area (Å²) in [5.41, 5.74) is 4.31. The van der Waals surface area contributed by atoms with Crippen LogP contribution < -0.4 is 15.6 Å². The van der Waals surface area contributed by atoms with Gasteiger partial charge in [0.2, 0.25) is 0 Å². The molecular weight excluding hydrogens is 446 g/mol. The SMILES string of the molecule is CN(CC(=O)NNC(=O)COc1cccc(Br)c1)S(=O)(=O)c1cccs1. The van der Waals surface area contributed by atoms with Crippen LogP contribution in [0.1, 0.15) is 0 Å². The molecular formula is C15H16BrN3O5S2. The molecule has 140 valence electrons. The molecule has 2 rings (SSSR count). The topological polar surface area (TPSA) is 105 Å². The van der Waals surface area contributed by atoms with Crippen LogP contribution in [0.2, 0.25) is 0 Å². The first-order valence-electron chi connectivity index (χ1n) is 7.25. The van der Waals surface area contributed by atoms with E-state index in [2.05, 4.69) is 26.8 Å². The van der Waals surface area contributed by atoms with Gasteiger partial charge in [-0.3, -0.25) is 20.4 Å². The fourth-order valence-corrected chi connectivity index (χ4v) is 4.48. The maximum Gasteiger partial charge on any atom is 0.276 e. The van der Waals surface area contributed by atoms with Gasteiger partial charge in [0.05, 0.1) is 6.54 Å². The summed E-state index contributed by atoms with van der Waals surface area (Å²) in [5, 5.41) is 1.63. The Morgan fingerprint density at radius 1 is 1.19 bits per heavy atom. The predicted molar refractivity (Wildman–Crippen MR) is 100 cm³/mol. The highest BCUT2D eigenvalue weighted by Gasteiger charge is 2.23. The maximum absolute atomic E-state index is 12.2. The van der Waals surface area contributed by atoms with Crippen molar-refractivity contribution >= 4 is 49.1 Å². The summed E-state index contributed by atoms with van der Waals surface area (Å²) in [6.07, 6.45) is 0. The number of hydrogen-bond donors (Lipinski definition) is 2. The summed E-state index contributed by atoms with van der Waals surface area (Å²) in [5.74, 6) is -0.770. The smallest absolute Gasteiger partial charge is 0.276 e. The number of nitrogens with zero attached hydrogens (tertiary/aromatic N) is 1. The van der Waals surface area contributed by atoms with Crippen molar-refractivity contribution in [2.75, 3.05) is 20.2 Å². The highest BCUT2D eigenvalue weighted by Crippen LogP contribution is 2.19. The second-order valence-electron chi connectivity index (χ2n) is 5.04. The average Bonchev–Trinajstić information content (AvgIpc) is 3.13. The van der Waals surface area contributed by atoms with Crippen LogP contribution in [0.3, 0.4) is 0 Å². The fraction of sp³-hybridized carbons (Fsp3) is 0.200. The fourth-order valence-electron chi connectivity index (χ4n) is 1.77. The number of benzene rings is 1. The first kappa shape index (κ1) is 20.4. The molecule has 2 aromatic rings. The van der Waals surface area contributed by atoms with E-state index in [9.17, 15) is 18.0 Å². The maximum atomic E-state index is 12.2. The summed E-state index contributed by atoms with van der Waals surface area (Å²) in [7, 11) is -2.45. The van der Waals surface area contributed by atoms with Gasteiger partial charge in [0.1, 0.15) is 9.96 Å². The molecule has 0 radical (unpaired) electrons. The largest absolute Gasteiger partial charge is 0.484 e. The lowest BCUT2D eigenvalue weighted by Gasteiger charge is -2.16. The number of thiophene rings is 1. The number of carbonyl (C=O) groups is 2. The molecule has 2 N–H and O–H groups in total. The van der Waals surface area contributed by atoms with Gasteiger partial charge in [-0.25, -0.2) is 8.42 Å². The third-order valence-corrected chi connectivity index (χ3v) is 6.70. The second-order valence-corrected chi connectivity index (χ2v) is 9.17. The Hall–Kier alpha value is -1.95. The molecule has 0 aliphatic heterocycles. The van der Waals surface area contributed by atoms with Crippen LogP contribution in [-0.4, -0.2) is 44.7 Å². The van der Waals surface area contributed by atoms with Gasteiger partial charge in [0.25, 0.3) is 21.8 Å². The van der Waals surface area contributed by atoms with Crippen LogP contribution in [-0.2, 0) is 19.6 Å². The van der Waals surface area contributed by atoms with Crippen molar-refractivity contribution in [1.82, 2.24) is 15.2 Å². The number of hydrazine groups is 1. The average molecular weight is 462 g/mol. The number of halogens is 1. The van der Waals surface area contributed by atoms with Crippen LogP contribution in [0.4, 0.5) is 0 Å². The standard InChI is InChI=1S/C15H16BrN3O5S2/c1-19(26(22,23)15-6-3-7-25-15)9-13(20)17-18-14(21)10-24-12-5-2-4-11(16)8-12/h2-8H,9-10H2,1H3,(H,17,20)(H,18,21). The highest BCUT2D eigenvalue weighted by molar-refractivity contribution is 9.10. The van der Waals surface area contributed by atoms with Crippen LogP contribution in [0.5, 0.6) is 5.75 Å². The van der Waals surface area contributed by atoms with E-state index in [-0.39, 0.29) is 10.8 Å². The molecule has 0 aliphatic rings. The lowest BCUT2D eigenvalue weighted by atomic mass is 10.3. The Kier molecular flexibility index (Phi) is 7.14. The molecule has 1 aromatic carbocycles. The number of sulfonamides is 1. The Morgan fingerprint density at radius 3 is 2.58 bits per heavy atom. The number of ether oxygens (including phenoxy) is 1. The Bertz CT molecular complexity index is 871. The van der Waals surface area contributed by atoms with Crippen LogP contribution >= 0.6 is 27.3 Å². The van der Waals surface area contributed by atoms with Crippen LogP contribution in [0.15, 0.2) is 50.5 Å². The molecule has 0 aliphatic carbocycles. The minimum atomic E-state index is -3.73. The third kappa shape index (κ3) is 5.80. The van der Waals surface area contributed by atoms with E-state index in [1.54, 1.807) is 29.6 Å². The summed E-state index contributed by atoms with van der Waals surface area (Å²) >= 11 is 4.34. The first-order valence-corrected chi connectivity index (χ1v) is 10.4. The van der Waals surface area contributed by atoms with Crippen molar-refractivity contribution < 1.29 is 22.7 Å². The van der Waals surface area contributed by atoms with Crippen molar-refractivity contribution in [1.29, 1.82) is 0 Å². The summed E-state index contributed by atoms with van der Waals surface area (Å²) in [4.78, 5) is 23.5. The van der Waals surface area contributed by atoms with E-state index in [0.29, 0.717) is 5.75 Å². The normalized spacial score (nSPS) is 11.2. The van der Waals surface area contributed by atoms with Crippen molar-refractivity contribution in [3.05, 3.63) is 46.3 Å². The van der Waals surface area contributed by atoms with E-state index in [1.165, 1.54) is 13.1 Å². The highest BCUT2D eigenvalue weighted by atomic mass is 79.9. The van der Waals surface area contributed by atoms with Gasteiger partial charge < -0.3 is 4.74 Å². The van der Waals surface area contributed by atoms with Gasteiger partial charge in [-0.1, -0.05) is 28.1 Å². The van der Waals surface area contributed by atoms with E-state index >= 15 is 0 Å². The number of amides is 2. The quantitative estimate of drug-likeness (QED) is 0.605. The number of hydrogen-bond acceptors (Lipinski definition) is 6. The van der Waals surface area contributed by atoms with Gasteiger partial charge in [-0.15, -0.1) is 11.3 Å². The number of likely N-dealkylation sites (N-methyl/N-ethyl adjacent to an activating group) is 1. The number of rotatable bonds is 7. The van der Waals surface area contributed by atoms with E-state index in [1.807, 2.05) is 6.07 Å². The lowest BCUT2D eigenvalue weighted by molar-refractivity contribution is -0.130. The minimum absolute atomic E-state index is 0.138. The van der Waals surface area contributed by atoms with Gasteiger partial charge >= 0.3 is 0 Å². The lowest BCUT2D eigenvalue weighted by Crippen LogP contribution is -2.48. The monoisotopic (exact) mass is 461 g/mol. The Morgan fingerprint density at radius 2 is 1.92 bits per heavy atom. The molecule has 2 amide bonds. The van der Waals surface area contributed by atoms with E-state index < -0.39 is 28.4 Å². The Balaban J connectivity index is 1.76. The number of nitrogens with one attached hydrogen (secondary N) is 2. The molecule has 0 bridgehead atoms. The molecule has 1 heterocycles. The second kappa shape index (κ2) is 9.12. The molecule has 0 saturated heterocycles. The predicted octanol–water partition coefficient (Wildman–Crippen LogP) is 1.36. The van der Waals surface area contributed by atoms with Gasteiger partial charge in [0.15, 0.2) is 6.61 Å². The van der Waals surface area contributed by atoms with Crippen molar-refractivity contribution in [2.24, 2.45) is 0 Å². The molecule has 1 aromatic heterocycles. The summed E-state index contributed by atoms with van der Waals surface area (Å²) in [6.45, 7) is -0.743. The van der Waals surface area contributed by atoms with Gasteiger partial charge in [-0.2, -0.15) is 4.31 Å². The van der Waals surface area contributed by atoms with Crippen molar-refractivity contribution in [3.8, 4) is 5.75 Å². The van der Waals surface area contributed by atoms with Crippen molar-refractivity contribution in [3.63, 3.8) is 0 Å². The minimum Gasteiger partial charge on any atom is -0.484 e. The molecule has 8 nitrogen and oxygen atoms in total. The van der Waals surface area contributed by atoms with Gasteiger partial charge in [0, 0.05) is 11.5 Å². The molecule has 0 fully saturated rings. The summed E-state index contributed by atoms with van der Waals surface area (Å²) in [6, 6.07) is 10.0. The first-order chi connectivity index (χ1) is 12.3. The van der Waals surface area contributed by atoms with E-state index in [4.69, 9.17) is 4.74 Å². The zero-order chi connectivity index (χ0) is 19.2. The molecule has 0 spiro atoms. The zero-order valence-corrected chi connectivity index (χ0v) is 16.9.